The van der Waals surface area contributed by atoms with Gasteiger partial charge in [0.15, 0.2) is 0 Å². The van der Waals surface area contributed by atoms with E-state index in [1.807, 2.05) is 0 Å². The van der Waals surface area contributed by atoms with E-state index in [4.69, 9.17) is 9.88 Å². The van der Waals surface area contributed by atoms with Crippen molar-refractivity contribution >= 4 is 21.9 Å². The van der Waals surface area contributed by atoms with E-state index in [0.29, 0.717) is 0 Å². The Hall–Kier alpha value is -2.80. The van der Waals surface area contributed by atoms with E-state index in [9.17, 15) is 26.4 Å². The minimum absolute atomic E-state index is 0.0848. The Morgan fingerprint density at radius 2 is 1.93 bits per heavy atom. The number of nitrogens with zero attached hydrogens (tertiary/aromatic N) is 3. The molecule has 0 atom stereocenters. The lowest BCUT2D eigenvalue weighted by molar-refractivity contribution is -0.134. The van der Waals surface area contributed by atoms with Crippen molar-refractivity contribution in [2.24, 2.45) is 5.14 Å². The van der Waals surface area contributed by atoms with Gasteiger partial charge >= 0.3 is 12.2 Å². The van der Waals surface area contributed by atoms with Crippen LogP contribution in [-0.2, 0) is 16.4 Å². The van der Waals surface area contributed by atoms with E-state index >= 15 is 0 Å². The fraction of sp³-hybridized carbons (Fsp3) is 0.333. The number of hydrogen-bond acceptors (Lipinski definition) is 7. The van der Waals surface area contributed by atoms with E-state index in [0.717, 1.165) is 6.07 Å². The number of amides is 1. The summed E-state index contributed by atoms with van der Waals surface area (Å²) in [5.74, 6) is -0.898. The topological polar surface area (TPSA) is 137 Å². The van der Waals surface area contributed by atoms with E-state index in [1.165, 1.54) is 26.2 Å². The molecule has 0 radical (unpaired) electrons. The molecule has 1 amide bonds. The molecular formula is C15H16F3N5O4S. The molecule has 0 saturated heterocycles. The van der Waals surface area contributed by atoms with Gasteiger partial charge in [-0.25, -0.2) is 13.6 Å². The highest BCUT2D eigenvalue weighted by Gasteiger charge is 2.30. The molecule has 152 valence electrons. The fourth-order valence-electron chi connectivity index (χ4n) is 2.34. The predicted molar refractivity (Wildman–Crippen MR) is 91.3 cm³/mol. The van der Waals surface area contributed by atoms with Gasteiger partial charge in [-0.3, -0.25) is 10.1 Å². The fourth-order valence-corrected chi connectivity index (χ4v) is 3.17. The van der Waals surface area contributed by atoms with Crippen molar-refractivity contribution in [3.05, 3.63) is 35.2 Å². The zero-order valence-electron chi connectivity index (χ0n) is 14.7. The van der Waals surface area contributed by atoms with Crippen molar-refractivity contribution in [3.63, 3.8) is 0 Å². The highest BCUT2D eigenvalue weighted by molar-refractivity contribution is 7.89. The Labute approximate surface area is 158 Å². The third kappa shape index (κ3) is 5.60. The molecule has 2 aromatic rings. The van der Waals surface area contributed by atoms with Gasteiger partial charge in [-0.15, -0.1) is 0 Å². The maximum atomic E-state index is 12.7. The Morgan fingerprint density at radius 1 is 1.25 bits per heavy atom. The maximum Gasteiger partial charge on any atom is 0.389 e. The van der Waals surface area contributed by atoms with Crippen LogP contribution in [-0.4, -0.2) is 42.6 Å². The molecule has 9 nitrogen and oxygen atoms in total. The Balaban J connectivity index is 2.46. The Kier molecular flexibility index (Phi) is 6.19. The van der Waals surface area contributed by atoms with Crippen LogP contribution in [0.3, 0.4) is 0 Å². The molecule has 0 aliphatic carbocycles. The van der Waals surface area contributed by atoms with Crippen LogP contribution >= 0.6 is 0 Å². The summed E-state index contributed by atoms with van der Waals surface area (Å²) in [6.07, 6.45) is -6.64. The molecule has 0 bridgehead atoms. The number of ether oxygens (including phenoxy) is 1. The number of rotatable bonds is 6. The molecule has 0 spiro atoms. The van der Waals surface area contributed by atoms with Crippen LogP contribution in [0.4, 0.5) is 19.1 Å². The van der Waals surface area contributed by atoms with E-state index in [1.54, 1.807) is 0 Å². The van der Waals surface area contributed by atoms with Gasteiger partial charge in [0.1, 0.15) is 5.82 Å². The van der Waals surface area contributed by atoms with Crippen molar-refractivity contribution in [3.8, 4) is 6.01 Å². The summed E-state index contributed by atoms with van der Waals surface area (Å²) in [7, 11) is -3.06. The highest BCUT2D eigenvalue weighted by Crippen LogP contribution is 2.27. The summed E-state index contributed by atoms with van der Waals surface area (Å²) in [5.41, 5.74) is -0.648. The average Bonchev–Trinajstić information content (AvgIpc) is 2.57. The van der Waals surface area contributed by atoms with Gasteiger partial charge in [0.05, 0.1) is 12.0 Å². The number of nitrogens with one attached hydrogen (secondary N) is 1. The summed E-state index contributed by atoms with van der Waals surface area (Å²) in [5, 5.41) is 7.38. The maximum absolute atomic E-state index is 12.7. The van der Waals surface area contributed by atoms with Crippen LogP contribution in [0.15, 0.2) is 23.1 Å². The number of benzene rings is 1. The second-order valence-electron chi connectivity index (χ2n) is 5.59. The molecule has 0 unspecified atom stereocenters. The summed E-state index contributed by atoms with van der Waals surface area (Å²) in [6, 6.07) is 3.33. The van der Waals surface area contributed by atoms with Crippen LogP contribution in [0.5, 0.6) is 6.01 Å². The number of carbonyl (C=O) groups excluding carboxylic acids is 1. The van der Waals surface area contributed by atoms with Gasteiger partial charge in [0.25, 0.3) is 5.91 Å². The second-order valence-corrected chi connectivity index (χ2v) is 7.12. The molecule has 0 aliphatic rings. The molecule has 2 rings (SSSR count). The first-order valence-corrected chi connectivity index (χ1v) is 9.25. The first kappa shape index (κ1) is 21.5. The van der Waals surface area contributed by atoms with Crippen LogP contribution in [0.25, 0.3) is 0 Å². The van der Waals surface area contributed by atoms with Crippen molar-refractivity contribution in [1.29, 1.82) is 0 Å². The molecule has 28 heavy (non-hydrogen) atoms. The quantitative estimate of drug-likeness (QED) is 0.725. The number of anilines is 1. The van der Waals surface area contributed by atoms with Gasteiger partial charge in [-0.05, 0) is 31.0 Å². The Morgan fingerprint density at radius 3 is 2.50 bits per heavy atom. The summed E-state index contributed by atoms with van der Waals surface area (Å²) >= 11 is 0. The average molecular weight is 419 g/mol. The summed E-state index contributed by atoms with van der Waals surface area (Å²) < 4.78 is 66.3. The number of halogens is 3. The normalized spacial score (nSPS) is 11.9. The monoisotopic (exact) mass is 419 g/mol. The zero-order valence-corrected chi connectivity index (χ0v) is 15.6. The molecule has 1 aromatic carbocycles. The minimum atomic E-state index is -4.56. The molecule has 3 N–H and O–H groups in total. The molecule has 13 heteroatoms. The molecule has 0 aliphatic heterocycles. The van der Waals surface area contributed by atoms with E-state index in [-0.39, 0.29) is 28.9 Å². The van der Waals surface area contributed by atoms with Gasteiger partial charge in [-0.2, -0.15) is 28.1 Å². The number of primary sulfonamides is 1. The molecule has 1 aromatic heterocycles. The van der Waals surface area contributed by atoms with Gasteiger partial charge < -0.3 is 4.74 Å². The number of carbonyl (C=O) groups is 1. The lowest BCUT2D eigenvalue weighted by Crippen LogP contribution is -2.22. The first-order chi connectivity index (χ1) is 12.9. The number of alkyl halides is 3. The lowest BCUT2D eigenvalue weighted by Gasteiger charge is -2.14. The summed E-state index contributed by atoms with van der Waals surface area (Å²) in [6.45, 7) is 1.51. The SMILES string of the molecule is COc1nc(C)nc(NC(=O)c2cccc(S(N)(=O)=O)c2CCC(F)(F)F)n1. The van der Waals surface area contributed by atoms with Gasteiger partial charge in [0, 0.05) is 12.0 Å². The summed E-state index contributed by atoms with van der Waals surface area (Å²) in [4.78, 5) is 23.5. The molecule has 1 heterocycles. The third-order valence-corrected chi connectivity index (χ3v) is 4.47. The number of sulfonamides is 1. The van der Waals surface area contributed by atoms with Gasteiger partial charge in [0.2, 0.25) is 16.0 Å². The number of aryl methyl sites for hydroxylation is 1. The number of methoxy groups -OCH3 is 1. The molecular weight excluding hydrogens is 403 g/mol. The number of nitrogens with two attached hydrogens (primary N) is 1. The Bertz CT molecular complexity index is 996. The van der Waals surface area contributed by atoms with Crippen molar-refractivity contribution in [2.45, 2.75) is 30.8 Å². The van der Waals surface area contributed by atoms with Crippen molar-refractivity contribution in [1.82, 2.24) is 15.0 Å². The third-order valence-electron chi connectivity index (χ3n) is 3.48. The smallest absolute Gasteiger partial charge is 0.389 e. The van der Waals surface area contributed by atoms with Crippen LogP contribution < -0.4 is 15.2 Å². The largest absolute Gasteiger partial charge is 0.467 e. The number of aromatic nitrogens is 3. The van der Waals surface area contributed by atoms with E-state index < -0.39 is 39.8 Å². The zero-order chi connectivity index (χ0) is 21.1. The highest BCUT2D eigenvalue weighted by atomic mass is 32.2. The van der Waals surface area contributed by atoms with E-state index in [2.05, 4.69) is 20.3 Å². The van der Waals surface area contributed by atoms with Gasteiger partial charge in [-0.1, -0.05) is 6.07 Å². The predicted octanol–water partition coefficient (Wildman–Crippen LogP) is 1.58. The van der Waals surface area contributed by atoms with Crippen molar-refractivity contribution in [2.75, 3.05) is 12.4 Å². The number of hydrogen-bond donors (Lipinski definition) is 2. The van der Waals surface area contributed by atoms with Crippen LogP contribution in [0.1, 0.15) is 28.2 Å². The lowest BCUT2D eigenvalue weighted by atomic mass is 10.0. The van der Waals surface area contributed by atoms with Crippen LogP contribution in [0.2, 0.25) is 0 Å². The molecule has 0 saturated carbocycles. The van der Waals surface area contributed by atoms with Crippen LogP contribution in [0, 0.1) is 6.92 Å². The first-order valence-electron chi connectivity index (χ1n) is 7.70. The molecule has 0 fully saturated rings. The van der Waals surface area contributed by atoms with Crippen molar-refractivity contribution < 1.29 is 31.1 Å². The minimum Gasteiger partial charge on any atom is -0.467 e. The standard InChI is InChI=1S/C15H16F3N5O4S/c1-8-20-13(23-14(21-8)27-2)22-12(24)10-4-3-5-11(28(19,25)26)9(10)6-7-15(16,17)18/h3-5H,6-7H2,1-2H3,(H2,19,25,26)(H,20,21,22,23,24). The second kappa shape index (κ2) is 8.06.